The van der Waals surface area contributed by atoms with Crippen molar-refractivity contribution < 1.29 is 4.39 Å². The van der Waals surface area contributed by atoms with Gasteiger partial charge in [0.25, 0.3) is 0 Å². The zero-order chi connectivity index (χ0) is 13.1. The molecule has 2 N–H and O–H groups in total. The zero-order valence-corrected chi connectivity index (χ0v) is 12.4. The van der Waals surface area contributed by atoms with E-state index >= 15 is 0 Å². The molecule has 2 rings (SSSR count). The van der Waals surface area contributed by atoms with E-state index in [1.54, 1.807) is 12.1 Å². The average Bonchev–Trinajstić information content (AvgIpc) is 2.34. The van der Waals surface area contributed by atoms with Crippen LogP contribution in [0.2, 0.25) is 5.02 Å². The Labute approximate surface area is 123 Å². The summed E-state index contributed by atoms with van der Waals surface area (Å²) < 4.78 is 14.5. The number of hydrogen-bond donors (Lipinski definition) is 1. The summed E-state index contributed by atoms with van der Waals surface area (Å²) >= 11 is 10.7. The van der Waals surface area contributed by atoms with Crippen molar-refractivity contribution in [1.82, 2.24) is 0 Å². The number of nitrogens with two attached hydrogens (primary N) is 1. The number of nitrogen functional groups attached to an aromatic ring is 1. The highest BCUT2D eigenvalue weighted by Gasteiger charge is 2.06. The smallest absolute Gasteiger partial charge is 0.127 e. The van der Waals surface area contributed by atoms with Crippen LogP contribution in [0.1, 0.15) is 5.56 Å². The van der Waals surface area contributed by atoms with Gasteiger partial charge in [-0.25, -0.2) is 4.39 Å². The Morgan fingerprint density at radius 2 is 2.00 bits per heavy atom. The van der Waals surface area contributed by atoms with Gasteiger partial charge in [-0.3, -0.25) is 0 Å². The van der Waals surface area contributed by atoms with Gasteiger partial charge in [-0.05, 0) is 42.0 Å². The van der Waals surface area contributed by atoms with Crippen molar-refractivity contribution in [2.24, 2.45) is 0 Å². The molecule has 0 unspecified atom stereocenters. The van der Waals surface area contributed by atoms with Gasteiger partial charge in [0.1, 0.15) is 5.82 Å². The van der Waals surface area contributed by atoms with Gasteiger partial charge in [0.15, 0.2) is 0 Å². The average molecular weight is 347 g/mol. The Hall–Kier alpha value is -0.710. The lowest BCUT2D eigenvalue weighted by Gasteiger charge is -2.07. The second-order valence-electron chi connectivity index (χ2n) is 3.71. The van der Waals surface area contributed by atoms with Crippen LogP contribution in [0.4, 0.5) is 10.1 Å². The predicted molar refractivity (Wildman–Crippen MR) is 79.5 cm³/mol. The first-order chi connectivity index (χ1) is 8.56. The molecule has 0 saturated carbocycles. The van der Waals surface area contributed by atoms with Crippen LogP contribution in [0.25, 0.3) is 0 Å². The van der Waals surface area contributed by atoms with Crippen molar-refractivity contribution in [3.05, 3.63) is 57.3 Å². The van der Waals surface area contributed by atoms with Crippen LogP contribution in [-0.4, -0.2) is 0 Å². The standard InChI is InChI=1S/C13H10BrClFNS/c14-9-1-4-12(17)13(6-9)18-7-8-5-10(15)2-3-11(8)16/h1-6H,7,17H2. The second kappa shape index (κ2) is 5.95. The van der Waals surface area contributed by atoms with E-state index in [0.29, 0.717) is 22.0 Å². The summed E-state index contributed by atoms with van der Waals surface area (Å²) in [5.41, 5.74) is 7.12. The van der Waals surface area contributed by atoms with Gasteiger partial charge >= 0.3 is 0 Å². The first-order valence-electron chi connectivity index (χ1n) is 5.18. The Morgan fingerprint density at radius 1 is 1.22 bits per heavy atom. The summed E-state index contributed by atoms with van der Waals surface area (Å²) in [6.07, 6.45) is 0. The molecule has 0 heterocycles. The Bertz CT molecular complexity index is 525. The first kappa shape index (κ1) is 13.7. The fourth-order valence-corrected chi connectivity index (χ4v) is 3.13. The molecule has 0 radical (unpaired) electrons. The van der Waals surface area contributed by atoms with Crippen molar-refractivity contribution in [3.8, 4) is 0 Å². The topological polar surface area (TPSA) is 26.0 Å². The number of thioether (sulfide) groups is 1. The Morgan fingerprint density at radius 3 is 2.78 bits per heavy atom. The van der Waals surface area contributed by atoms with E-state index in [4.69, 9.17) is 17.3 Å². The molecule has 0 aliphatic heterocycles. The van der Waals surface area contributed by atoms with Crippen LogP contribution < -0.4 is 5.73 Å². The molecule has 0 atom stereocenters. The van der Waals surface area contributed by atoms with Crippen LogP contribution in [0.3, 0.4) is 0 Å². The normalized spacial score (nSPS) is 10.6. The predicted octanol–water partition coefficient (Wildman–Crippen LogP) is 5.12. The molecule has 0 amide bonds. The van der Waals surface area contributed by atoms with E-state index in [9.17, 15) is 4.39 Å². The van der Waals surface area contributed by atoms with E-state index in [0.717, 1.165) is 9.37 Å². The minimum absolute atomic E-state index is 0.250. The number of benzene rings is 2. The molecule has 94 valence electrons. The van der Waals surface area contributed by atoms with Crippen LogP contribution in [-0.2, 0) is 5.75 Å². The molecule has 2 aromatic carbocycles. The molecule has 0 aliphatic carbocycles. The summed E-state index contributed by atoms with van der Waals surface area (Å²) in [6.45, 7) is 0. The maximum absolute atomic E-state index is 13.5. The minimum atomic E-state index is -0.250. The van der Waals surface area contributed by atoms with Crippen molar-refractivity contribution in [3.63, 3.8) is 0 Å². The number of rotatable bonds is 3. The summed E-state index contributed by atoms with van der Waals surface area (Å²) in [7, 11) is 0. The molecular formula is C13H10BrClFNS. The summed E-state index contributed by atoms with van der Waals surface area (Å²) in [5.74, 6) is 0.244. The van der Waals surface area contributed by atoms with E-state index in [2.05, 4.69) is 15.9 Å². The molecule has 2 aromatic rings. The van der Waals surface area contributed by atoms with Crippen molar-refractivity contribution in [2.45, 2.75) is 10.6 Å². The largest absolute Gasteiger partial charge is 0.398 e. The fourth-order valence-electron chi connectivity index (χ4n) is 1.44. The lowest BCUT2D eigenvalue weighted by atomic mass is 10.2. The van der Waals surface area contributed by atoms with Gasteiger partial charge in [0, 0.05) is 25.8 Å². The highest BCUT2D eigenvalue weighted by Crippen LogP contribution is 2.31. The monoisotopic (exact) mass is 345 g/mol. The molecule has 0 aliphatic rings. The zero-order valence-electron chi connectivity index (χ0n) is 9.29. The van der Waals surface area contributed by atoms with E-state index in [1.807, 2.05) is 18.2 Å². The quantitative estimate of drug-likeness (QED) is 0.617. The van der Waals surface area contributed by atoms with Crippen LogP contribution in [0.5, 0.6) is 0 Å². The van der Waals surface area contributed by atoms with Gasteiger partial charge in [-0.1, -0.05) is 27.5 Å². The number of halogens is 3. The van der Waals surface area contributed by atoms with Gasteiger partial charge in [0.05, 0.1) is 0 Å². The first-order valence-corrected chi connectivity index (χ1v) is 7.33. The molecule has 0 aromatic heterocycles. The third-order valence-electron chi connectivity index (χ3n) is 2.37. The van der Waals surface area contributed by atoms with Crippen LogP contribution in [0, 0.1) is 5.82 Å². The maximum atomic E-state index is 13.5. The van der Waals surface area contributed by atoms with E-state index in [-0.39, 0.29) is 5.82 Å². The number of hydrogen-bond acceptors (Lipinski definition) is 2. The Kier molecular flexibility index (Phi) is 4.54. The lowest BCUT2D eigenvalue weighted by molar-refractivity contribution is 0.617. The van der Waals surface area contributed by atoms with Crippen LogP contribution in [0.15, 0.2) is 45.8 Å². The third kappa shape index (κ3) is 3.40. The summed E-state index contributed by atoms with van der Waals surface area (Å²) in [6, 6.07) is 10.2. The number of anilines is 1. The SMILES string of the molecule is Nc1ccc(Br)cc1SCc1cc(Cl)ccc1F. The Balaban J connectivity index is 2.16. The lowest BCUT2D eigenvalue weighted by Crippen LogP contribution is -1.91. The van der Waals surface area contributed by atoms with Crippen molar-refractivity contribution >= 4 is 45.0 Å². The molecule has 18 heavy (non-hydrogen) atoms. The summed E-state index contributed by atoms with van der Waals surface area (Å²) in [4.78, 5) is 0.920. The van der Waals surface area contributed by atoms with Gasteiger partial charge < -0.3 is 5.73 Å². The molecule has 1 nitrogen and oxygen atoms in total. The highest BCUT2D eigenvalue weighted by atomic mass is 79.9. The van der Waals surface area contributed by atoms with Gasteiger partial charge in [-0.2, -0.15) is 0 Å². The highest BCUT2D eigenvalue weighted by molar-refractivity contribution is 9.10. The van der Waals surface area contributed by atoms with Crippen LogP contribution >= 0.6 is 39.3 Å². The molecule has 5 heteroatoms. The van der Waals surface area contributed by atoms with E-state index in [1.165, 1.54) is 17.8 Å². The van der Waals surface area contributed by atoms with Crippen molar-refractivity contribution in [1.29, 1.82) is 0 Å². The van der Waals surface area contributed by atoms with Gasteiger partial charge in [0.2, 0.25) is 0 Å². The summed E-state index contributed by atoms with van der Waals surface area (Å²) in [5, 5.41) is 0.536. The second-order valence-corrected chi connectivity index (χ2v) is 6.08. The van der Waals surface area contributed by atoms with Crippen molar-refractivity contribution in [2.75, 3.05) is 5.73 Å². The molecule has 0 spiro atoms. The molecule has 0 fully saturated rings. The third-order valence-corrected chi connectivity index (χ3v) is 4.21. The van der Waals surface area contributed by atoms with Gasteiger partial charge in [-0.15, -0.1) is 11.8 Å². The fraction of sp³-hybridized carbons (Fsp3) is 0.0769. The minimum Gasteiger partial charge on any atom is -0.398 e. The molecular weight excluding hydrogens is 337 g/mol. The maximum Gasteiger partial charge on any atom is 0.127 e. The van der Waals surface area contributed by atoms with E-state index < -0.39 is 0 Å². The molecule has 0 bridgehead atoms. The molecule has 0 saturated heterocycles.